The molecule has 0 spiro atoms. The zero-order chi connectivity index (χ0) is 13.1. The van der Waals surface area contributed by atoms with Crippen molar-refractivity contribution in [3.05, 3.63) is 23.2 Å². The quantitative estimate of drug-likeness (QED) is 0.900. The average Bonchev–Trinajstić information content (AvgIpc) is 2.86. The van der Waals surface area contributed by atoms with E-state index in [0.717, 1.165) is 44.0 Å². The second kappa shape index (κ2) is 5.99. The highest BCUT2D eigenvalue weighted by Crippen LogP contribution is 2.32. The predicted molar refractivity (Wildman–Crippen MR) is 73.2 cm³/mol. The van der Waals surface area contributed by atoms with Crippen LogP contribution in [0.1, 0.15) is 12.8 Å². The van der Waals surface area contributed by atoms with Crippen LogP contribution in [0.15, 0.2) is 18.2 Å². The third kappa shape index (κ3) is 3.32. The molecule has 2 aliphatic heterocycles. The van der Waals surface area contributed by atoms with Crippen LogP contribution in [0.5, 0.6) is 11.5 Å². The van der Waals surface area contributed by atoms with Gasteiger partial charge in [0, 0.05) is 30.8 Å². The predicted octanol–water partition coefficient (Wildman–Crippen LogP) is 2.25. The fourth-order valence-electron chi connectivity index (χ4n) is 2.18. The van der Waals surface area contributed by atoms with Gasteiger partial charge in [0.25, 0.3) is 0 Å². The summed E-state index contributed by atoms with van der Waals surface area (Å²) in [6, 6.07) is 5.49. The van der Waals surface area contributed by atoms with Gasteiger partial charge in [0.05, 0.1) is 6.10 Å². The molecule has 2 fully saturated rings. The summed E-state index contributed by atoms with van der Waals surface area (Å²) < 4.78 is 17.2. The number of rotatable bonds is 5. The van der Waals surface area contributed by atoms with Gasteiger partial charge in [-0.25, -0.2) is 0 Å². The number of nitrogens with one attached hydrogen (secondary N) is 1. The standard InChI is InChI=1S/C14H18ClNO3/c15-10-3-4-13(18-9-11-2-1-5-17-11)14(6-10)19-12-7-16-8-12/h3-4,6,11-12,16H,1-2,5,7-9H2. The van der Waals surface area contributed by atoms with Gasteiger partial charge in [-0.3, -0.25) is 0 Å². The number of hydrogen-bond acceptors (Lipinski definition) is 4. The van der Waals surface area contributed by atoms with Gasteiger partial charge in [0.2, 0.25) is 0 Å². The van der Waals surface area contributed by atoms with Crippen LogP contribution in [-0.2, 0) is 4.74 Å². The molecule has 0 aliphatic carbocycles. The summed E-state index contributed by atoms with van der Waals surface area (Å²) in [4.78, 5) is 0. The van der Waals surface area contributed by atoms with E-state index in [1.807, 2.05) is 18.2 Å². The first-order valence-corrected chi connectivity index (χ1v) is 7.10. The van der Waals surface area contributed by atoms with Gasteiger partial charge in [-0.05, 0) is 25.0 Å². The molecular weight excluding hydrogens is 266 g/mol. The van der Waals surface area contributed by atoms with Gasteiger partial charge >= 0.3 is 0 Å². The van der Waals surface area contributed by atoms with Crippen molar-refractivity contribution in [2.45, 2.75) is 25.0 Å². The summed E-state index contributed by atoms with van der Waals surface area (Å²) in [5, 5.41) is 3.83. The van der Waals surface area contributed by atoms with Crippen LogP contribution >= 0.6 is 11.6 Å². The summed E-state index contributed by atoms with van der Waals surface area (Å²) in [5.41, 5.74) is 0. The highest BCUT2D eigenvalue weighted by Gasteiger charge is 2.21. The highest BCUT2D eigenvalue weighted by molar-refractivity contribution is 6.30. The van der Waals surface area contributed by atoms with E-state index >= 15 is 0 Å². The Morgan fingerprint density at radius 2 is 2.21 bits per heavy atom. The van der Waals surface area contributed by atoms with Gasteiger partial charge in [-0.15, -0.1) is 0 Å². The molecule has 19 heavy (non-hydrogen) atoms. The lowest BCUT2D eigenvalue weighted by atomic mass is 10.2. The first-order valence-electron chi connectivity index (χ1n) is 6.72. The molecule has 1 aromatic rings. The first kappa shape index (κ1) is 13.0. The van der Waals surface area contributed by atoms with Crippen LogP contribution in [0.25, 0.3) is 0 Å². The zero-order valence-electron chi connectivity index (χ0n) is 10.7. The van der Waals surface area contributed by atoms with Crippen LogP contribution in [-0.4, -0.2) is 38.5 Å². The maximum absolute atomic E-state index is 6.01. The minimum Gasteiger partial charge on any atom is -0.487 e. The molecule has 0 amide bonds. The van der Waals surface area contributed by atoms with E-state index in [4.69, 9.17) is 25.8 Å². The van der Waals surface area contributed by atoms with E-state index in [2.05, 4.69) is 5.32 Å². The van der Waals surface area contributed by atoms with Gasteiger partial charge in [-0.1, -0.05) is 11.6 Å². The molecule has 2 aliphatic rings. The minimum atomic E-state index is 0.203. The third-order valence-electron chi connectivity index (χ3n) is 3.39. The Hall–Kier alpha value is -0.970. The minimum absolute atomic E-state index is 0.203. The van der Waals surface area contributed by atoms with E-state index in [0.29, 0.717) is 11.6 Å². The first-order chi connectivity index (χ1) is 9.31. The van der Waals surface area contributed by atoms with E-state index in [9.17, 15) is 0 Å². The van der Waals surface area contributed by atoms with Gasteiger partial charge < -0.3 is 19.5 Å². The Morgan fingerprint density at radius 3 is 2.89 bits per heavy atom. The number of benzene rings is 1. The van der Waals surface area contributed by atoms with Crippen molar-refractivity contribution < 1.29 is 14.2 Å². The molecule has 2 saturated heterocycles. The van der Waals surface area contributed by atoms with Crippen molar-refractivity contribution in [1.82, 2.24) is 5.32 Å². The molecule has 2 heterocycles. The molecule has 104 valence electrons. The molecule has 1 unspecified atom stereocenters. The molecule has 0 radical (unpaired) electrons. The molecule has 1 atom stereocenters. The fourth-order valence-corrected chi connectivity index (χ4v) is 2.34. The van der Waals surface area contributed by atoms with Crippen molar-refractivity contribution in [3.63, 3.8) is 0 Å². The van der Waals surface area contributed by atoms with Gasteiger partial charge in [0.1, 0.15) is 12.7 Å². The summed E-state index contributed by atoms with van der Waals surface area (Å²) in [5.74, 6) is 1.46. The van der Waals surface area contributed by atoms with E-state index in [-0.39, 0.29) is 12.2 Å². The molecule has 1 N–H and O–H groups in total. The summed E-state index contributed by atoms with van der Waals surface area (Å²) in [6.07, 6.45) is 2.60. The Labute approximate surface area is 118 Å². The average molecular weight is 284 g/mol. The molecule has 3 rings (SSSR count). The topological polar surface area (TPSA) is 39.7 Å². The Morgan fingerprint density at radius 1 is 1.32 bits per heavy atom. The van der Waals surface area contributed by atoms with Crippen LogP contribution in [0.4, 0.5) is 0 Å². The maximum atomic E-state index is 6.01. The monoisotopic (exact) mass is 283 g/mol. The van der Waals surface area contributed by atoms with E-state index < -0.39 is 0 Å². The number of ether oxygens (including phenoxy) is 3. The van der Waals surface area contributed by atoms with Gasteiger partial charge in [-0.2, -0.15) is 0 Å². The third-order valence-corrected chi connectivity index (χ3v) is 3.63. The number of hydrogen-bond donors (Lipinski definition) is 1. The van der Waals surface area contributed by atoms with Crippen LogP contribution in [0, 0.1) is 0 Å². The van der Waals surface area contributed by atoms with E-state index in [1.54, 1.807) is 0 Å². The zero-order valence-corrected chi connectivity index (χ0v) is 11.5. The fraction of sp³-hybridized carbons (Fsp3) is 0.571. The lowest BCUT2D eigenvalue weighted by molar-refractivity contribution is 0.0646. The van der Waals surface area contributed by atoms with Crippen LogP contribution < -0.4 is 14.8 Å². The summed E-state index contributed by atoms with van der Waals surface area (Å²) in [7, 11) is 0. The van der Waals surface area contributed by atoms with Crippen molar-refractivity contribution in [2.75, 3.05) is 26.3 Å². The largest absolute Gasteiger partial charge is 0.487 e. The molecule has 0 saturated carbocycles. The van der Waals surface area contributed by atoms with Crippen molar-refractivity contribution in [2.24, 2.45) is 0 Å². The van der Waals surface area contributed by atoms with Crippen molar-refractivity contribution in [3.8, 4) is 11.5 Å². The molecule has 4 nitrogen and oxygen atoms in total. The normalized spacial score (nSPS) is 23.1. The summed E-state index contributed by atoms with van der Waals surface area (Å²) in [6.45, 7) is 3.15. The van der Waals surface area contributed by atoms with Crippen LogP contribution in [0.3, 0.4) is 0 Å². The molecule has 1 aromatic carbocycles. The Bertz CT molecular complexity index is 431. The second-order valence-electron chi connectivity index (χ2n) is 4.94. The van der Waals surface area contributed by atoms with Crippen molar-refractivity contribution in [1.29, 1.82) is 0 Å². The lowest BCUT2D eigenvalue weighted by Crippen LogP contribution is -2.50. The molecule has 0 aromatic heterocycles. The smallest absolute Gasteiger partial charge is 0.163 e. The maximum Gasteiger partial charge on any atom is 0.163 e. The highest BCUT2D eigenvalue weighted by atomic mass is 35.5. The van der Waals surface area contributed by atoms with Crippen LogP contribution in [0.2, 0.25) is 5.02 Å². The van der Waals surface area contributed by atoms with Gasteiger partial charge in [0.15, 0.2) is 11.5 Å². The molecule has 5 heteroatoms. The van der Waals surface area contributed by atoms with Crippen molar-refractivity contribution >= 4 is 11.6 Å². The lowest BCUT2D eigenvalue weighted by Gasteiger charge is -2.28. The molecule has 0 bridgehead atoms. The number of halogens is 1. The molecular formula is C14H18ClNO3. The SMILES string of the molecule is Clc1ccc(OCC2CCCO2)c(OC2CNC2)c1. The Balaban J connectivity index is 1.64. The summed E-state index contributed by atoms with van der Waals surface area (Å²) >= 11 is 6.01. The second-order valence-corrected chi connectivity index (χ2v) is 5.37. The van der Waals surface area contributed by atoms with E-state index in [1.165, 1.54) is 0 Å². The Kier molecular flexibility index (Phi) is 4.11.